The summed E-state index contributed by atoms with van der Waals surface area (Å²) < 4.78 is 20.0. The maximum atomic E-state index is 12.5. The predicted molar refractivity (Wildman–Crippen MR) is 370 cm³/mol. The van der Waals surface area contributed by atoms with Crippen molar-refractivity contribution in [2.75, 3.05) is 37.2 Å². The van der Waals surface area contributed by atoms with E-state index in [1.807, 2.05) is 0 Å². The van der Waals surface area contributed by atoms with Crippen molar-refractivity contribution in [3.63, 3.8) is 0 Å². The molecule has 0 unspecified atom stereocenters. The van der Waals surface area contributed by atoms with Gasteiger partial charge in [0.2, 0.25) is 11.6 Å². The van der Waals surface area contributed by atoms with E-state index in [0.717, 1.165) is 10.9 Å². The smallest absolute Gasteiger partial charge is 0.343 e. The minimum absolute atomic E-state index is 0.00850. The average Bonchev–Trinajstić information content (AvgIpc) is 1.63. The highest BCUT2D eigenvalue weighted by atomic mass is 16.5. The minimum atomic E-state index is -0.878. The number of azo groups is 4. The molecule has 14 heterocycles. The van der Waals surface area contributed by atoms with Gasteiger partial charge in [0.25, 0.3) is 11.9 Å². The molecule has 14 aromatic rings. The van der Waals surface area contributed by atoms with Crippen molar-refractivity contribution >= 4 is 105 Å². The second kappa shape index (κ2) is 30.0. The Kier molecular flexibility index (Phi) is 19.4. The minimum Gasteiger partial charge on any atom is -0.465 e. The summed E-state index contributed by atoms with van der Waals surface area (Å²) in [5.74, 6) is -1.23. The lowest BCUT2D eigenvalue weighted by Crippen LogP contribution is -2.09. The first-order valence-electron chi connectivity index (χ1n) is 31.0. The maximum Gasteiger partial charge on any atom is 0.343 e. The number of esters is 2. The Hall–Kier alpha value is -16.5. The molecule has 14 aromatic heterocycles. The molecule has 0 aliphatic carbocycles. The van der Waals surface area contributed by atoms with Crippen LogP contribution in [0.5, 0.6) is 0 Å². The fraction of sp³-hybridized carbons (Fsp3) is 0.0968. The molecule has 0 aliphatic heterocycles. The van der Waals surface area contributed by atoms with Crippen molar-refractivity contribution in [3.05, 3.63) is 180 Å². The monoisotopic (exact) mass is 1450 g/mol. The van der Waals surface area contributed by atoms with E-state index in [1.54, 1.807) is 82.4 Å². The van der Waals surface area contributed by atoms with Gasteiger partial charge < -0.3 is 32.4 Å². The molecule has 0 aliphatic rings. The van der Waals surface area contributed by atoms with Gasteiger partial charge in [0.15, 0.2) is 117 Å². The van der Waals surface area contributed by atoms with E-state index in [1.165, 1.54) is 121 Å². The number of anilines is 4. The lowest BCUT2D eigenvalue weighted by molar-refractivity contribution is -0.105. The second-order valence-electron chi connectivity index (χ2n) is 21.8. The first-order valence-corrected chi connectivity index (χ1v) is 31.0. The Balaban J connectivity index is 0.000000190. The van der Waals surface area contributed by atoms with E-state index in [0.29, 0.717) is 34.4 Å². The van der Waals surface area contributed by atoms with Crippen LogP contribution in [0.3, 0.4) is 0 Å². The SMILES string of the molecule is COC(=O)c1cnn(-c2ccccn2)c1N=Nc1c(C)nn(-c2cc(-n3nc(C)c(N=Nc4c(C(=O)C=O)cnn4-c4ccccn4)c3N)ncn2)c1N.COC(=O)c1cnn(-c2ncccn2)c1N=Nc1c(C)nn(-c2cc(-n3nc(C)c(N=Nc4c(C(=O)C=O)cnn4-c4ncccn4)c3N)ncn2)c1N. The summed E-state index contributed by atoms with van der Waals surface area (Å²) in [6, 6.07) is 16.5. The lowest BCUT2D eigenvalue weighted by atomic mass is 10.2. The zero-order valence-corrected chi connectivity index (χ0v) is 56.6. The first-order chi connectivity index (χ1) is 52.4. The van der Waals surface area contributed by atoms with Crippen molar-refractivity contribution in [1.29, 1.82) is 0 Å². The van der Waals surface area contributed by atoms with Crippen LogP contribution in [0, 0.1) is 27.7 Å². The molecule has 8 N–H and O–H groups in total. The Bertz CT molecular complexity index is 5570. The molecule has 108 heavy (non-hydrogen) atoms. The summed E-state index contributed by atoms with van der Waals surface area (Å²) in [7, 11) is 2.46. The summed E-state index contributed by atoms with van der Waals surface area (Å²) in [6.45, 7) is 6.60. The number of nitrogen functional groups attached to an aromatic ring is 4. The number of ether oxygens (including phenoxy) is 2. The molecule has 0 amide bonds. The normalized spacial score (nSPS) is 11.5. The van der Waals surface area contributed by atoms with Crippen molar-refractivity contribution in [3.8, 4) is 46.8 Å². The zero-order chi connectivity index (χ0) is 75.9. The van der Waals surface area contributed by atoms with Gasteiger partial charge in [0, 0.05) is 49.3 Å². The van der Waals surface area contributed by atoms with Crippen molar-refractivity contribution < 1.29 is 38.2 Å². The lowest BCUT2D eigenvalue weighted by Gasteiger charge is -2.07. The van der Waals surface area contributed by atoms with Gasteiger partial charge in [-0.15, -0.1) is 40.9 Å². The van der Waals surface area contributed by atoms with Gasteiger partial charge in [-0.25, -0.2) is 59.4 Å². The number of Topliss-reactive ketones (excluding diaryl/α,β-unsaturated/α-hetero) is 2. The van der Waals surface area contributed by atoms with Crippen molar-refractivity contribution in [2.24, 2.45) is 40.9 Å². The van der Waals surface area contributed by atoms with E-state index in [4.69, 9.17) is 32.4 Å². The number of nitrogens with zero attached hydrogens (tertiary/aromatic N) is 34. The number of aryl methyl sites for hydroxylation is 4. The van der Waals surface area contributed by atoms with Gasteiger partial charge in [-0.1, -0.05) is 12.1 Å². The number of aldehydes is 2. The Morgan fingerprint density at radius 1 is 0.352 bits per heavy atom. The van der Waals surface area contributed by atoms with Crippen LogP contribution in [0.4, 0.5) is 69.3 Å². The standard InChI is InChI=1S/C32H26N18O4.C30H24N20O4/c1-17-26(41-43-30-19(21(52)15-51)13-39-49(30)22-8-4-6-10-35-22)28(33)47(45-17)24-12-25(38-16-37-24)48-29(34)27(18(2)46-48)42-44-31-20(32(53)54-3)14-40-50(31)23-9-5-7-11-36-23;1-15-22(41-43-26-17(19(52)13-51)11-39-49(26)29-33-6-4-7-34-29)24(31)47(45-15)20-10-21(38-14-37-20)48-25(32)23(16(2)46-48)42-44-27-18(28(53)54-3)12-40-50(27)30-35-8-5-9-36-30/h4-16H,33-34H2,1-3H3;4-14H,31-32H2,1-3H3. The van der Waals surface area contributed by atoms with Crippen LogP contribution in [-0.4, -0.2) is 178 Å². The molecule has 0 fully saturated rings. The Morgan fingerprint density at radius 2 is 0.639 bits per heavy atom. The predicted octanol–water partition coefficient (Wildman–Crippen LogP) is 6.37. The number of hydrogen-bond acceptors (Lipinski definition) is 38. The topological polar surface area (TPSA) is 595 Å². The van der Waals surface area contributed by atoms with Gasteiger partial charge in [-0.3, -0.25) is 19.2 Å². The van der Waals surface area contributed by atoms with E-state index >= 15 is 0 Å². The van der Waals surface area contributed by atoms with Gasteiger partial charge >= 0.3 is 11.9 Å². The second-order valence-corrected chi connectivity index (χ2v) is 21.8. The third-order valence-electron chi connectivity index (χ3n) is 15.1. The summed E-state index contributed by atoms with van der Waals surface area (Å²) in [6.07, 6.45) is 16.8. The molecule has 14 rings (SSSR count). The van der Waals surface area contributed by atoms with Gasteiger partial charge in [-0.05, 0) is 64.1 Å². The summed E-state index contributed by atoms with van der Waals surface area (Å²) in [5.41, 5.74) is 27.9. The number of methoxy groups -OCH3 is 2. The molecule has 0 saturated carbocycles. The number of ketones is 2. The number of pyridine rings is 2. The quantitative estimate of drug-likeness (QED) is 0.0188. The summed E-state index contributed by atoms with van der Waals surface area (Å²) in [4.78, 5) is 115. The maximum absolute atomic E-state index is 12.5. The molecule has 46 nitrogen and oxygen atoms in total. The highest BCUT2D eigenvalue weighted by Gasteiger charge is 2.28. The molecule has 536 valence electrons. The number of rotatable bonds is 22. The van der Waals surface area contributed by atoms with Crippen molar-refractivity contribution in [1.82, 2.24) is 128 Å². The highest BCUT2D eigenvalue weighted by molar-refractivity contribution is 6.35. The van der Waals surface area contributed by atoms with Crippen LogP contribution in [0.15, 0.2) is 176 Å². The molecule has 0 aromatic carbocycles. The third-order valence-corrected chi connectivity index (χ3v) is 15.1. The van der Waals surface area contributed by atoms with E-state index in [2.05, 4.69) is 132 Å². The number of hydrogen-bond donors (Lipinski definition) is 4. The van der Waals surface area contributed by atoms with Crippen molar-refractivity contribution in [2.45, 2.75) is 27.7 Å². The number of carbonyl (C=O) groups excluding carboxylic acids is 6. The molecule has 0 atom stereocenters. The number of aromatic nitrogens is 26. The van der Waals surface area contributed by atoms with Gasteiger partial charge in [0.1, 0.15) is 23.8 Å². The van der Waals surface area contributed by atoms with Crippen LogP contribution in [0.2, 0.25) is 0 Å². The van der Waals surface area contributed by atoms with E-state index in [-0.39, 0.29) is 139 Å². The summed E-state index contributed by atoms with van der Waals surface area (Å²) >= 11 is 0. The molecule has 0 spiro atoms. The fourth-order valence-corrected chi connectivity index (χ4v) is 9.99. The number of carbonyl (C=O) groups is 6. The van der Waals surface area contributed by atoms with E-state index < -0.39 is 23.5 Å². The molecule has 0 saturated heterocycles. The third kappa shape index (κ3) is 13.6. The van der Waals surface area contributed by atoms with Gasteiger partial charge in [-0.2, -0.15) is 78.2 Å². The Morgan fingerprint density at radius 3 is 0.944 bits per heavy atom. The molecule has 0 bridgehead atoms. The summed E-state index contributed by atoms with van der Waals surface area (Å²) in [5, 5.41) is 68.7. The molecular weight excluding hydrogens is 1400 g/mol. The van der Waals surface area contributed by atoms with Gasteiger partial charge in [0.05, 0.1) is 72.9 Å². The molecule has 46 heteroatoms. The van der Waals surface area contributed by atoms with Crippen LogP contribution in [0.1, 0.15) is 64.2 Å². The zero-order valence-electron chi connectivity index (χ0n) is 56.6. The number of nitrogens with two attached hydrogens (primary N) is 4. The van der Waals surface area contributed by atoms with Crippen LogP contribution < -0.4 is 22.9 Å². The Labute approximate surface area is 602 Å². The van der Waals surface area contributed by atoms with Crippen LogP contribution in [-0.2, 0) is 19.1 Å². The molecular formula is C62H50N38O8. The highest BCUT2D eigenvalue weighted by Crippen LogP contribution is 2.38. The average molecular weight is 1460 g/mol. The van der Waals surface area contributed by atoms with Crippen LogP contribution in [0.25, 0.3) is 46.8 Å². The fourth-order valence-electron chi connectivity index (χ4n) is 9.99. The first kappa shape index (κ1) is 70.0. The largest absolute Gasteiger partial charge is 0.465 e. The van der Waals surface area contributed by atoms with Crippen LogP contribution >= 0.6 is 0 Å². The van der Waals surface area contributed by atoms with E-state index in [9.17, 15) is 28.8 Å². The molecule has 0 radical (unpaired) electrons.